The van der Waals surface area contributed by atoms with E-state index in [1.54, 1.807) is 6.07 Å². The number of halogens is 2. The first-order valence-electron chi connectivity index (χ1n) is 9.28. The molecular weight excluding hydrogens is 395 g/mol. The van der Waals surface area contributed by atoms with Crippen molar-refractivity contribution in [1.29, 1.82) is 0 Å². The molecule has 3 rings (SSSR count). The van der Waals surface area contributed by atoms with Crippen molar-refractivity contribution in [2.24, 2.45) is 0 Å². The van der Waals surface area contributed by atoms with Crippen molar-refractivity contribution in [3.05, 3.63) is 75.8 Å². The molecule has 0 unspecified atom stereocenters. The fourth-order valence-corrected chi connectivity index (χ4v) is 3.34. The van der Waals surface area contributed by atoms with Crippen LogP contribution in [-0.2, 0) is 13.2 Å². The largest absolute Gasteiger partial charge is 0.489 e. The van der Waals surface area contributed by atoms with E-state index in [4.69, 9.17) is 33.0 Å². The topological polar surface area (TPSA) is 53.5 Å². The van der Waals surface area contributed by atoms with Crippen molar-refractivity contribution in [3.63, 3.8) is 0 Å². The van der Waals surface area contributed by atoms with Crippen molar-refractivity contribution >= 4 is 34.0 Å². The van der Waals surface area contributed by atoms with Crippen molar-refractivity contribution in [1.82, 2.24) is 10.6 Å². The SMILES string of the molecule is OCCNCCNCc1c(OCc2ccc(Cl)c(Cl)c2)ccc2ccccc12. The van der Waals surface area contributed by atoms with Crippen molar-refractivity contribution in [3.8, 4) is 5.75 Å². The maximum atomic E-state index is 8.83. The van der Waals surface area contributed by atoms with E-state index in [-0.39, 0.29) is 6.61 Å². The summed E-state index contributed by atoms with van der Waals surface area (Å²) in [5, 5.41) is 18.8. The Morgan fingerprint density at radius 1 is 0.857 bits per heavy atom. The van der Waals surface area contributed by atoms with Crippen molar-refractivity contribution in [2.45, 2.75) is 13.2 Å². The first-order chi connectivity index (χ1) is 13.7. The second kappa shape index (κ2) is 10.6. The Morgan fingerprint density at radius 3 is 2.50 bits per heavy atom. The molecule has 0 aliphatic heterocycles. The highest BCUT2D eigenvalue weighted by molar-refractivity contribution is 6.42. The van der Waals surface area contributed by atoms with Gasteiger partial charge in [0.25, 0.3) is 0 Å². The van der Waals surface area contributed by atoms with Gasteiger partial charge in [-0.1, -0.05) is 59.6 Å². The van der Waals surface area contributed by atoms with Gasteiger partial charge in [0, 0.05) is 31.7 Å². The number of benzene rings is 3. The molecule has 6 heteroatoms. The fourth-order valence-electron chi connectivity index (χ4n) is 3.02. The zero-order valence-electron chi connectivity index (χ0n) is 15.6. The van der Waals surface area contributed by atoms with Gasteiger partial charge in [0.15, 0.2) is 0 Å². The molecule has 0 heterocycles. The highest BCUT2D eigenvalue weighted by Gasteiger charge is 2.09. The second-order valence-corrected chi connectivity index (χ2v) is 7.27. The summed E-state index contributed by atoms with van der Waals surface area (Å²) in [5.41, 5.74) is 2.09. The van der Waals surface area contributed by atoms with E-state index < -0.39 is 0 Å². The van der Waals surface area contributed by atoms with Gasteiger partial charge < -0.3 is 20.5 Å². The molecule has 0 fully saturated rings. The lowest BCUT2D eigenvalue weighted by molar-refractivity contribution is 0.292. The normalized spacial score (nSPS) is 11.1. The van der Waals surface area contributed by atoms with Crippen LogP contribution in [0.3, 0.4) is 0 Å². The first kappa shape index (κ1) is 20.9. The van der Waals surface area contributed by atoms with Crippen LogP contribution in [0, 0.1) is 0 Å². The summed E-state index contributed by atoms with van der Waals surface area (Å²) < 4.78 is 6.13. The van der Waals surface area contributed by atoms with Crippen molar-refractivity contribution < 1.29 is 9.84 Å². The molecule has 28 heavy (non-hydrogen) atoms. The molecule has 0 bridgehead atoms. The molecule has 148 valence electrons. The standard InChI is InChI=1S/C22H24Cl2N2O2/c23-20-7-5-16(13-21(20)24)15-28-22-8-6-17-3-1-2-4-18(17)19(22)14-26-10-9-25-11-12-27/h1-8,13,25-27H,9-12,14-15H2. The highest BCUT2D eigenvalue weighted by Crippen LogP contribution is 2.29. The molecule has 3 aromatic carbocycles. The maximum absolute atomic E-state index is 8.83. The summed E-state index contributed by atoms with van der Waals surface area (Å²) in [6.45, 7) is 3.46. The fraction of sp³-hybridized carbons (Fsp3) is 0.273. The Kier molecular flexibility index (Phi) is 7.95. The third kappa shape index (κ3) is 5.60. The van der Waals surface area contributed by atoms with Crippen LogP contribution < -0.4 is 15.4 Å². The third-order valence-corrected chi connectivity index (χ3v) is 5.18. The minimum absolute atomic E-state index is 0.149. The number of ether oxygens (including phenoxy) is 1. The van der Waals surface area contributed by atoms with Gasteiger partial charge in [0.1, 0.15) is 12.4 Å². The minimum atomic E-state index is 0.149. The highest BCUT2D eigenvalue weighted by atomic mass is 35.5. The number of aliphatic hydroxyl groups is 1. The van der Waals surface area contributed by atoms with Crippen LogP contribution in [0.15, 0.2) is 54.6 Å². The Balaban J connectivity index is 1.73. The van der Waals surface area contributed by atoms with E-state index in [0.717, 1.165) is 30.0 Å². The molecule has 3 aromatic rings. The average Bonchev–Trinajstić information content (AvgIpc) is 2.72. The van der Waals surface area contributed by atoms with E-state index in [9.17, 15) is 0 Å². The Bertz CT molecular complexity index is 918. The van der Waals surface area contributed by atoms with E-state index in [0.29, 0.717) is 29.7 Å². The number of rotatable bonds is 10. The molecule has 0 saturated heterocycles. The smallest absolute Gasteiger partial charge is 0.124 e. The molecule has 0 amide bonds. The lowest BCUT2D eigenvalue weighted by Gasteiger charge is -2.15. The summed E-state index contributed by atoms with van der Waals surface area (Å²) >= 11 is 12.1. The van der Waals surface area contributed by atoms with Gasteiger partial charge in [0.2, 0.25) is 0 Å². The summed E-state index contributed by atoms with van der Waals surface area (Å²) in [7, 11) is 0. The molecule has 4 nitrogen and oxygen atoms in total. The van der Waals surface area contributed by atoms with Gasteiger partial charge in [-0.15, -0.1) is 0 Å². The molecule has 0 aromatic heterocycles. The lowest BCUT2D eigenvalue weighted by Crippen LogP contribution is -2.29. The van der Waals surface area contributed by atoms with Crippen LogP contribution >= 0.6 is 23.2 Å². The van der Waals surface area contributed by atoms with E-state index in [1.807, 2.05) is 30.3 Å². The predicted molar refractivity (Wildman–Crippen MR) is 116 cm³/mol. The molecule has 0 spiro atoms. The second-order valence-electron chi connectivity index (χ2n) is 6.45. The first-order valence-corrected chi connectivity index (χ1v) is 10.0. The zero-order valence-corrected chi connectivity index (χ0v) is 17.1. The van der Waals surface area contributed by atoms with Crippen LogP contribution in [0.25, 0.3) is 10.8 Å². The summed E-state index contributed by atoms with van der Waals surface area (Å²) in [5.74, 6) is 0.848. The molecule has 0 saturated carbocycles. The number of nitrogens with one attached hydrogen (secondary N) is 2. The summed E-state index contributed by atoms with van der Waals surface area (Å²) in [4.78, 5) is 0. The molecular formula is C22H24Cl2N2O2. The Morgan fingerprint density at radius 2 is 1.68 bits per heavy atom. The number of aliphatic hydroxyl groups excluding tert-OH is 1. The van der Waals surface area contributed by atoms with Crippen LogP contribution in [0.1, 0.15) is 11.1 Å². The number of hydrogen-bond donors (Lipinski definition) is 3. The van der Waals surface area contributed by atoms with Gasteiger partial charge in [-0.2, -0.15) is 0 Å². The van der Waals surface area contributed by atoms with Gasteiger partial charge in [-0.3, -0.25) is 0 Å². The number of hydrogen-bond acceptors (Lipinski definition) is 4. The molecule has 0 aliphatic carbocycles. The molecule has 3 N–H and O–H groups in total. The van der Waals surface area contributed by atoms with Crippen LogP contribution in [-0.4, -0.2) is 31.3 Å². The summed E-state index contributed by atoms with van der Waals surface area (Å²) in [6, 6.07) is 17.9. The van der Waals surface area contributed by atoms with Crippen molar-refractivity contribution in [2.75, 3.05) is 26.2 Å². The molecule has 0 radical (unpaired) electrons. The maximum Gasteiger partial charge on any atom is 0.124 e. The number of fused-ring (bicyclic) bond motifs is 1. The average molecular weight is 419 g/mol. The lowest BCUT2D eigenvalue weighted by atomic mass is 10.0. The van der Waals surface area contributed by atoms with Gasteiger partial charge in [0.05, 0.1) is 16.7 Å². The Hall–Kier alpha value is -1.82. The monoisotopic (exact) mass is 418 g/mol. The van der Waals surface area contributed by atoms with Crippen LogP contribution in [0.5, 0.6) is 5.75 Å². The molecule has 0 aliphatic rings. The van der Waals surface area contributed by atoms with Gasteiger partial charge in [-0.05, 0) is 34.5 Å². The van der Waals surface area contributed by atoms with Crippen LogP contribution in [0.2, 0.25) is 10.0 Å². The predicted octanol–water partition coefficient (Wildman–Crippen LogP) is 4.40. The Labute approximate surface area is 175 Å². The van der Waals surface area contributed by atoms with E-state index in [1.165, 1.54) is 10.8 Å². The summed E-state index contributed by atoms with van der Waals surface area (Å²) in [6.07, 6.45) is 0. The zero-order chi connectivity index (χ0) is 19.8. The van der Waals surface area contributed by atoms with E-state index in [2.05, 4.69) is 28.8 Å². The van der Waals surface area contributed by atoms with Gasteiger partial charge >= 0.3 is 0 Å². The minimum Gasteiger partial charge on any atom is -0.489 e. The van der Waals surface area contributed by atoms with Crippen LogP contribution in [0.4, 0.5) is 0 Å². The van der Waals surface area contributed by atoms with E-state index >= 15 is 0 Å². The third-order valence-electron chi connectivity index (χ3n) is 4.44. The molecule has 0 atom stereocenters. The quantitative estimate of drug-likeness (QED) is 0.427. The van der Waals surface area contributed by atoms with Gasteiger partial charge in [-0.25, -0.2) is 0 Å².